The SMILES string of the molecule is CC(C)n1ccnc(Oc2ccc(C(=O)O)c(F)c2)c1=O. The van der Waals surface area contributed by atoms with Crippen molar-refractivity contribution in [2.45, 2.75) is 19.9 Å². The quantitative estimate of drug-likeness (QED) is 0.936. The van der Waals surface area contributed by atoms with E-state index in [0.29, 0.717) is 0 Å². The van der Waals surface area contributed by atoms with Crippen molar-refractivity contribution in [3.05, 3.63) is 52.3 Å². The molecule has 2 rings (SSSR count). The van der Waals surface area contributed by atoms with Gasteiger partial charge in [-0.1, -0.05) is 0 Å². The Morgan fingerprint density at radius 2 is 2.14 bits per heavy atom. The maximum atomic E-state index is 13.5. The van der Waals surface area contributed by atoms with Crippen molar-refractivity contribution in [3.63, 3.8) is 0 Å². The van der Waals surface area contributed by atoms with Gasteiger partial charge in [0.05, 0.1) is 5.56 Å². The Bertz CT molecular complexity index is 740. The van der Waals surface area contributed by atoms with Gasteiger partial charge in [0, 0.05) is 24.5 Å². The lowest BCUT2D eigenvalue weighted by molar-refractivity contribution is 0.0692. The third-order valence-electron chi connectivity index (χ3n) is 2.78. The number of carboxylic acids is 1. The number of rotatable bonds is 4. The maximum absolute atomic E-state index is 13.5. The van der Waals surface area contributed by atoms with Gasteiger partial charge in [0.25, 0.3) is 5.88 Å². The minimum absolute atomic E-state index is 0.00334. The second kappa shape index (κ2) is 5.74. The van der Waals surface area contributed by atoms with Gasteiger partial charge in [0.1, 0.15) is 11.6 Å². The topological polar surface area (TPSA) is 81.4 Å². The van der Waals surface area contributed by atoms with Crippen LogP contribution >= 0.6 is 0 Å². The molecule has 0 bridgehead atoms. The van der Waals surface area contributed by atoms with Crippen molar-refractivity contribution >= 4 is 5.97 Å². The molecule has 2 aromatic rings. The van der Waals surface area contributed by atoms with Crippen molar-refractivity contribution in [2.24, 2.45) is 0 Å². The molecule has 1 heterocycles. The molecule has 1 N–H and O–H groups in total. The minimum atomic E-state index is -1.38. The zero-order chi connectivity index (χ0) is 15.6. The predicted octanol–water partition coefficient (Wildman–Crippen LogP) is 2.45. The van der Waals surface area contributed by atoms with Crippen LogP contribution in [0.25, 0.3) is 0 Å². The van der Waals surface area contributed by atoms with E-state index < -0.39 is 22.9 Å². The molecule has 0 aliphatic heterocycles. The summed E-state index contributed by atoms with van der Waals surface area (Å²) in [7, 11) is 0. The highest BCUT2D eigenvalue weighted by Crippen LogP contribution is 2.20. The molecular weight excluding hydrogens is 279 g/mol. The smallest absolute Gasteiger partial charge is 0.338 e. The summed E-state index contributed by atoms with van der Waals surface area (Å²) in [6, 6.07) is 3.16. The van der Waals surface area contributed by atoms with Crippen molar-refractivity contribution in [2.75, 3.05) is 0 Å². The number of ether oxygens (including phenoxy) is 1. The van der Waals surface area contributed by atoms with Crippen molar-refractivity contribution in [1.82, 2.24) is 9.55 Å². The third-order valence-corrected chi connectivity index (χ3v) is 2.78. The molecule has 6 nitrogen and oxygen atoms in total. The summed E-state index contributed by atoms with van der Waals surface area (Å²) in [5, 5.41) is 8.74. The number of nitrogens with zero attached hydrogens (tertiary/aromatic N) is 2. The van der Waals surface area contributed by atoms with Crippen LogP contribution in [0.3, 0.4) is 0 Å². The molecule has 0 aliphatic carbocycles. The normalized spacial score (nSPS) is 10.7. The maximum Gasteiger partial charge on any atom is 0.338 e. The van der Waals surface area contributed by atoms with Gasteiger partial charge >= 0.3 is 11.5 Å². The average molecular weight is 292 g/mol. The van der Waals surface area contributed by atoms with Crippen LogP contribution in [-0.4, -0.2) is 20.6 Å². The van der Waals surface area contributed by atoms with E-state index in [-0.39, 0.29) is 17.7 Å². The van der Waals surface area contributed by atoms with Crippen molar-refractivity contribution < 1.29 is 19.0 Å². The number of carboxylic acid groups (broad SMARTS) is 1. The number of hydrogen-bond donors (Lipinski definition) is 1. The molecule has 0 saturated carbocycles. The molecule has 0 unspecified atom stereocenters. The molecule has 0 aliphatic rings. The summed E-state index contributed by atoms with van der Waals surface area (Å²) in [5.74, 6) is -2.52. The van der Waals surface area contributed by atoms with Gasteiger partial charge in [-0.3, -0.25) is 4.79 Å². The molecule has 7 heteroatoms. The van der Waals surface area contributed by atoms with Gasteiger partial charge in [-0.15, -0.1) is 0 Å². The highest BCUT2D eigenvalue weighted by molar-refractivity contribution is 5.88. The Labute approximate surface area is 119 Å². The number of hydrogen-bond acceptors (Lipinski definition) is 4. The van der Waals surface area contributed by atoms with E-state index in [4.69, 9.17) is 9.84 Å². The first-order valence-corrected chi connectivity index (χ1v) is 6.18. The minimum Gasteiger partial charge on any atom is -0.478 e. The van der Waals surface area contributed by atoms with Crippen LogP contribution in [0.1, 0.15) is 30.2 Å². The Kier molecular flexibility index (Phi) is 4.02. The van der Waals surface area contributed by atoms with Gasteiger partial charge in [-0.25, -0.2) is 14.2 Å². The third kappa shape index (κ3) is 3.07. The molecule has 21 heavy (non-hydrogen) atoms. The lowest BCUT2D eigenvalue weighted by Crippen LogP contribution is -2.23. The number of halogens is 1. The van der Waals surface area contributed by atoms with Crippen LogP contribution in [0, 0.1) is 5.82 Å². The fraction of sp³-hybridized carbons (Fsp3) is 0.214. The van der Waals surface area contributed by atoms with Gasteiger partial charge in [0.2, 0.25) is 0 Å². The highest BCUT2D eigenvalue weighted by Gasteiger charge is 2.13. The van der Waals surface area contributed by atoms with Gasteiger partial charge < -0.3 is 14.4 Å². The van der Waals surface area contributed by atoms with E-state index in [9.17, 15) is 14.0 Å². The van der Waals surface area contributed by atoms with E-state index in [0.717, 1.165) is 12.1 Å². The first-order valence-electron chi connectivity index (χ1n) is 6.18. The van der Waals surface area contributed by atoms with E-state index in [2.05, 4.69) is 4.98 Å². The molecule has 0 spiro atoms. The summed E-state index contributed by atoms with van der Waals surface area (Å²) >= 11 is 0. The Hall–Kier alpha value is -2.70. The fourth-order valence-corrected chi connectivity index (χ4v) is 1.73. The Morgan fingerprint density at radius 1 is 1.43 bits per heavy atom. The largest absolute Gasteiger partial charge is 0.478 e. The number of aromatic nitrogens is 2. The summed E-state index contributed by atoms with van der Waals surface area (Å²) in [5.41, 5.74) is -0.918. The second-order valence-corrected chi connectivity index (χ2v) is 4.59. The highest BCUT2D eigenvalue weighted by atomic mass is 19.1. The second-order valence-electron chi connectivity index (χ2n) is 4.59. The van der Waals surface area contributed by atoms with E-state index >= 15 is 0 Å². The van der Waals surface area contributed by atoms with E-state index in [1.165, 1.54) is 23.0 Å². The number of aromatic carboxylic acids is 1. The number of benzene rings is 1. The summed E-state index contributed by atoms with van der Waals surface area (Å²) < 4.78 is 20.2. The zero-order valence-corrected chi connectivity index (χ0v) is 11.4. The van der Waals surface area contributed by atoms with Crippen LogP contribution < -0.4 is 10.3 Å². The van der Waals surface area contributed by atoms with Crippen LogP contribution in [0.15, 0.2) is 35.4 Å². The molecular formula is C14H13FN2O4. The first kappa shape index (κ1) is 14.7. The van der Waals surface area contributed by atoms with E-state index in [1.54, 1.807) is 0 Å². The predicted molar refractivity (Wildman–Crippen MR) is 72.3 cm³/mol. The van der Waals surface area contributed by atoms with Crippen molar-refractivity contribution in [1.29, 1.82) is 0 Å². The Balaban J connectivity index is 2.35. The summed E-state index contributed by atoms with van der Waals surface area (Å²) in [4.78, 5) is 26.6. The lowest BCUT2D eigenvalue weighted by Gasteiger charge is -2.11. The average Bonchev–Trinajstić information content (AvgIpc) is 2.40. The molecule has 0 amide bonds. The molecule has 1 aromatic heterocycles. The van der Waals surface area contributed by atoms with Gasteiger partial charge in [-0.05, 0) is 26.0 Å². The lowest BCUT2D eigenvalue weighted by atomic mass is 10.2. The monoisotopic (exact) mass is 292 g/mol. The molecule has 110 valence electrons. The first-order chi connectivity index (χ1) is 9.90. The van der Waals surface area contributed by atoms with Crippen LogP contribution in [0.2, 0.25) is 0 Å². The number of carbonyl (C=O) groups is 1. The van der Waals surface area contributed by atoms with Gasteiger partial charge in [-0.2, -0.15) is 0 Å². The summed E-state index contributed by atoms with van der Waals surface area (Å²) in [6.07, 6.45) is 2.92. The molecule has 0 atom stereocenters. The molecule has 0 fully saturated rings. The molecule has 0 saturated heterocycles. The van der Waals surface area contributed by atoms with Crippen LogP contribution in [0.4, 0.5) is 4.39 Å². The summed E-state index contributed by atoms with van der Waals surface area (Å²) in [6.45, 7) is 3.65. The van der Waals surface area contributed by atoms with Crippen molar-refractivity contribution in [3.8, 4) is 11.6 Å². The van der Waals surface area contributed by atoms with Gasteiger partial charge in [0.15, 0.2) is 0 Å². The fourth-order valence-electron chi connectivity index (χ4n) is 1.73. The molecule has 1 aromatic carbocycles. The van der Waals surface area contributed by atoms with E-state index in [1.807, 2.05) is 13.8 Å². The molecule has 0 radical (unpaired) electrons. The zero-order valence-electron chi connectivity index (χ0n) is 11.4. The van der Waals surface area contributed by atoms with Crippen LogP contribution in [0.5, 0.6) is 11.6 Å². The standard InChI is InChI=1S/C14H13FN2O4/c1-8(2)17-6-5-16-12(13(17)18)21-9-3-4-10(14(19)20)11(15)7-9/h3-8H,1-2H3,(H,19,20). The van der Waals surface area contributed by atoms with Crippen LogP contribution in [-0.2, 0) is 0 Å². The Morgan fingerprint density at radius 3 is 2.71 bits per heavy atom.